The third-order valence-electron chi connectivity index (χ3n) is 5.98. The molecule has 0 bridgehead atoms. The average molecular weight is 454 g/mol. The first kappa shape index (κ1) is 22.1. The molecule has 2 aliphatic rings. The topological polar surface area (TPSA) is 53.8 Å². The van der Waals surface area contributed by atoms with E-state index in [0.717, 1.165) is 53.3 Å². The number of halogens is 1. The fourth-order valence-corrected chi connectivity index (χ4v) is 5.09. The Balaban J connectivity index is 1.51. The molecule has 1 spiro atoms. The second-order valence-electron chi connectivity index (χ2n) is 8.42. The smallest absolute Gasteiger partial charge is 0.234 e. The molecule has 162 valence electrons. The number of hydrogen-bond donors (Lipinski definition) is 1. The van der Waals surface area contributed by atoms with Gasteiger partial charge in [-0.25, -0.2) is 4.99 Å². The van der Waals surface area contributed by atoms with Crippen molar-refractivity contribution in [3.05, 3.63) is 64.2 Å². The van der Waals surface area contributed by atoms with Gasteiger partial charge in [0.15, 0.2) is 5.66 Å². The summed E-state index contributed by atoms with van der Waals surface area (Å²) in [6.07, 6.45) is 6.72. The average Bonchev–Trinajstić information content (AvgIpc) is 2.94. The van der Waals surface area contributed by atoms with Crippen molar-refractivity contribution in [3.8, 4) is 0 Å². The molecule has 1 N–H and O–H groups in total. The fourth-order valence-electron chi connectivity index (χ4n) is 4.09. The zero-order valence-corrected chi connectivity index (χ0v) is 19.7. The van der Waals surface area contributed by atoms with Crippen LogP contribution in [0.5, 0.6) is 0 Å². The summed E-state index contributed by atoms with van der Waals surface area (Å²) < 4.78 is 0. The molecule has 4 nitrogen and oxygen atoms in total. The number of nitrogens with one attached hydrogen (secondary N) is 1. The molecule has 4 rings (SSSR count). The van der Waals surface area contributed by atoms with Crippen LogP contribution < -0.4 is 5.32 Å². The number of carbonyl (C=O) groups is 1. The second kappa shape index (κ2) is 9.58. The zero-order chi connectivity index (χ0) is 21.8. The number of thioether (sulfide) groups is 1. The fraction of sp³-hybridized carbons (Fsp3) is 0.400. The van der Waals surface area contributed by atoms with E-state index in [1.54, 1.807) is 0 Å². The largest absolute Gasteiger partial charge is 0.325 e. The highest BCUT2D eigenvalue weighted by Gasteiger charge is 2.37. The molecular formula is C25H28ClN3OS. The van der Waals surface area contributed by atoms with E-state index in [0.29, 0.717) is 10.8 Å². The predicted molar refractivity (Wildman–Crippen MR) is 133 cm³/mol. The van der Waals surface area contributed by atoms with Crippen LogP contribution in [0, 0.1) is 13.8 Å². The summed E-state index contributed by atoms with van der Waals surface area (Å²) in [5, 5.41) is 4.57. The Morgan fingerprint density at radius 3 is 2.39 bits per heavy atom. The lowest BCUT2D eigenvalue weighted by molar-refractivity contribution is -0.113. The van der Waals surface area contributed by atoms with Crippen LogP contribution in [0.15, 0.2) is 52.4 Å². The van der Waals surface area contributed by atoms with Gasteiger partial charge in [-0.1, -0.05) is 54.4 Å². The normalized spacial score (nSPS) is 17.8. The Labute approximate surface area is 193 Å². The van der Waals surface area contributed by atoms with Crippen molar-refractivity contribution < 1.29 is 4.79 Å². The molecule has 1 amide bonds. The molecule has 1 aliphatic carbocycles. The highest BCUT2D eigenvalue weighted by molar-refractivity contribution is 8.16. The van der Waals surface area contributed by atoms with Gasteiger partial charge in [-0.2, -0.15) is 0 Å². The lowest BCUT2D eigenvalue weighted by Gasteiger charge is -2.20. The van der Waals surface area contributed by atoms with Crippen LogP contribution in [0.2, 0.25) is 5.02 Å². The third-order valence-corrected chi connectivity index (χ3v) is 7.20. The van der Waals surface area contributed by atoms with Gasteiger partial charge in [0, 0.05) is 16.3 Å². The lowest BCUT2D eigenvalue weighted by Crippen LogP contribution is -2.20. The minimum Gasteiger partial charge on any atom is -0.325 e. The summed E-state index contributed by atoms with van der Waals surface area (Å²) in [5.74, 6) is 0.266. The van der Waals surface area contributed by atoms with Gasteiger partial charge < -0.3 is 5.32 Å². The van der Waals surface area contributed by atoms with Gasteiger partial charge in [0.25, 0.3) is 0 Å². The molecule has 0 atom stereocenters. The van der Waals surface area contributed by atoms with Gasteiger partial charge in [-0.05, 0) is 74.9 Å². The summed E-state index contributed by atoms with van der Waals surface area (Å²) in [6, 6.07) is 13.7. The highest BCUT2D eigenvalue weighted by atomic mass is 35.5. The first-order valence-electron chi connectivity index (χ1n) is 10.9. The molecule has 2 aromatic rings. The monoisotopic (exact) mass is 453 g/mol. The van der Waals surface area contributed by atoms with E-state index in [4.69, 9.17) is 21.6 Å². The molecule has 2 aromatic carbocycles. The summed E-state index contributed by atoms with van der Waals surface area (Å²) in [6.45, 7) is 4.12. The van der Waals surface area contributed by atoms with Gasteiger partial charge >= 0.3 is 0 Å². The van der Waals surface area contributed by atoms with Crippen LogP contribution in [0.1, 0.15) is 55.2 Å². The van der Waals surface area contributed by atoms with Crippen LogP contribution >= 0.6 is 23.4 Å². The van der Waals surface area contributed by atoms with Gasteiger partial charge in [0.1, 0.15) is 5.04 Å². The number of anilines is 1. The molecule has 0 radical (unpaired) electrons. The molecule has 31 heavy (non-hydrogen) atoms. The van der Waals surface area contributed by atoms with Crippen LogP contribution in [-0.2, 0) is 4.79 Å². The van der Waals surface area contributed by atoms with Crippen molar-refractivity contribution in [1.82, 2.24) is 0 Å². The Kier molecular flexibility index (Phi) is 6.83. The quantitative estimate of drug-likeness (QED) is 0.568. The van der Waals surface area contributed by atoms with Gasteiger partial charge in [-0.15, -0.1) is 0 Å². The minimum atomic E-state index is -0.363. The van der Waals surface area contributed by atoms with Crippen LogP contribution in [0.4, 0.5) is 5.69 Å². The van der Waals surface area contributed by atoms with Gasteiger partial charge in [0.2, 0.25) is 5.91 Å². The first-order chi connectivity index (χ1) is 14.9. The van der Waals surface area contributed by atoms with E-state index < -0.39 is 0 Å². The predicted octanol–water partition coefficient (Wildman–Crippen LogP) is 6.58. The maximum Gasteiger partial charge on any atom is 0.234 e. The molecule has 1 saturated carbocycles. The molecule has 6 heteroatoms. The van der Waals surface area contributed by atoms with Crippen LogP contribution in [0.3, 0.4) is 0 Å². The van der Waals surface area contributed by atoms with Crippen molar-refractivity contribution in [3.63, 3.8) is 0 Å². The van der Waals surface area contributed by atoms with Crippen LogP contribution in [-0.4, -0.2) is 28.1 Å². The first-order valence-corrected chi connectivity index (χ1v) is 12.3. The van der Waals surface area contributed by atoms with Gasteiger partial charge in [-0.3, -0.25) is 9.79 Å². The number of aryl methyl sites for hydroxylation is 2. The molecule has 0 aromatic heterocycles. The van der Waals surface area contributed by atoms with E-state index in [1.807, 2.05) is 49.4 Å². The SMILES string of the molecule is Cc1ccc(NC(=O)CSC2=NC3(CCCCCC3)N=C2c2ccc(Cl)cc2)cc1C. The summed E-state index contributed by atoms with van der Waals surface area (Å²) in [5.41, 5.74) is 4.74. The summed E-state index contributed by atoms with van der Waals surface area (Å²) in [4.78, 5) is 22.8. The molecule has 0 unspecified atom stereocenters. The number of hydrogen-bond acceptors (Lipinski definition) is 4. The minimum absolute atomic E-state index is 0.0341. The van der Waals surface area contributed by atoms with E-state index in [2.05, 4.69) is 12.2 Å². The second-order valence-corrected chi connectivity index (χ2v) is 9.82. The summed E-state index contributed by atoms with van der Waals surface area (Å²) in [7, 11) is 0. The Morgan fingerprint density at radius 1 is 1.00 bits per heavy atom. The van der Waals surface area contributed by atoms with E-state index in [-0.39, 0.29) is 11.6 Å². The molecular weight excluding hydrogens is 426 g/mol. The van der Waals surface area contributed by atoms with Crippen LogP contribution in [0.25, 0.3) is 0 Å². The van der Waals surface area contributed by atoms with Gasteiger partial charge in [0.05, 0.1) is 11.5 Å². The van der Waals surface area contributed by atoms with Crippen molar-refractivity contribution in [2.75, 3.05) is 11.1 Å². The summed E-state index contributed by atoms with van der Waals surface area (Å²) >= 11 is 7.57. The number of aliphatic imine (C=N–C) groups is 2. The standard InChI is InChI=1S/C25H28ClN3OS/c1-17-7-12-21(15-18(17)2)27-22(30)16-31-24-23(19-8-10-20(26)11-9-19)28-25(29-24)13-5-3-4-6-14-25/h7-12,15H,3-6,13-14,16H2,1-2H3,(H,27,30). The molecule has 0 saturated heterocycles. The Bertz CT molecular complexity index is 1020. The Morgan fingerprint density at radius 2 is 1.71 bits per heavy atom. The lowest BCUT2D eigenvalue weighted by atomic mass is 10.0. The number of rotatable bonds is 4. The molecule has 1 aliphatic heterocycles. The maximum atomic E-state index is 12.6. The zero-order valence-electron chi connectivity index (χ0n) is 18.1. The molecule has 1 heterocycles. The highest BCUT2D eigenvalue weighted by Crippen LogP contribution is 2.38. The molecule has 1 fully saturated rings. The van der Waals surface area contributed by atoms with E-state index >= 15 is 0 Å². The maximum absolute atomic E-state index is 12.6. The number of amides is 1. The van der Waals surface area contributed by atoms with Crippen molar-refractivity contribution >= 4 is 45.7 Å². The van der Waals surface area contributed by atoms with Crippen molar-refractivity contribution in [2.24, 2.45) is 9.98 Å². The van der Waals surface area contributed by atoms with E-state index in [9.17, 15) is 4.79 Å². The Hall–Kier alpha value is -2.11. The number of nitrogens with zero attached hydrogens (tertiary/aromatic N) is 2. The van der Waals surface area contributed by atoms with Crippen molar-refractivity contribution in [2.45, 2.75) is 58.0 Å². The number of carbonyl (C=O) groups excluding carboxylic acids is 1. The van der Waals surface area contributed by atoms with Crippen molar-refractivity contribution in [1.29, 1.82) is 0 Å². The third kappa shape index (κ3) is 5.39. The van der Waals surface area contributed by atoms with E-state index in [1.165, 1.54) is 30.2 Å². The number of benzene rings is 2.